The fraction of sp³-hybridized carbons (Fsp3) is 0.600. The van der Waals surface area contributed by atoms with Crippen molar-refractivity contribution in [1.82, 2.24) is 5.32 Å². The molecule has 2 rings (SSSR count). The van der Waals surface area contributed by atoms with Crippen molar-refractivity contribution in [3.05, 3.63) is 29.8 Å². The minimum Gasteiger partial charge on any atom is -0.494 e. The molecule has 4 heteroatoms. The van der Waals surface area contributed by atoms with E-state index in [0.29, 0.717) is 16.5 Å². The third-order valence-electron chi connectivity index (χ3n) is 3.40. The molecule has 106 valence electrons. The molecule has 0 aliphatic carbocycles. The van der Waals surface area contributed by atoms with Crippen LogP contribution in [-0.2, 0) is 0 Å². The van der Waals surface area contributed by atoms with Crippen LogP contribution < -0.4 is 10.1 Å². The molecule has 0 bridgehead atoms. The standard InChI is InChI=1S/C15H23NOS2/c1-4-17-13-7-5-6-12(10-13)14(16-3)15-11(2)18-8-9-19-15/h5-7,10-11,14-16H,4,8-9H2,1-3H3. The van der Waals surface area contributed by atoms with Crippen LogP contribution in [0.5, 0.6) is 5.75 Å². The van der Waals surface area contributed by atoms with Crippen LogP contribution in [0.1, 0.15) is 25.5 Å². The Bertz CT molecular complexity index is 399. The Morgan fingerprint density at radius 3 is 2.84 bits per heavy atom. The van der Waals surface area contributed by atoms with E-state index in [2.05, 4.69) is 61.0 Å². The number of benzene rings is 1. The van der Waals surface area contributed by atoms with Gasteiger partial charge in [-0.15, -0.1) is 0 Å². The molecular formula is C15H23NOS2. The van der Waals surface area contributed by atoms with E-state index in [0.717, 1.165) is 12.4 Å². The maximum atomic E-state index is 5.62. The van der Waals surface area contributed by atoms with Gasteiger partial charge in [0.05, 0.1) is 6.61 Å². The zero-order chi connectivity index (χ0) is 13.7. The molecule has 19 heavy (non-hydrogen) atoms. The summed E-state index contributed by atoms with van der Waals surface area (Å²) in [6.45, 7) is 5.09. The van der Waals surface area contributed by atoms with Crippen LogP contribution in [0.3, 0.4) is 0 Å². The van der Waals surface area contributed by atoms with Gasteiger partial charge in [0.2, 0.25) is 0 Å². The van der Waals surface area contributed by atoms with Gasteiger partial charge in [0.15, 0.2) is 0 Å². The van der Waals surface area contributed by atoms with Gasteiger partial charge < -0.3 is 10.1 Å². The highest BCUT2D eigenvalue weighted by Crippen LogP contribution is 2.39. The highest BCUT2D eigenvalue weighted by molar-refractivity contribution is 8.07. The molecule has 0 spiro atoms. The van der Waals surface area contributed by atoms with Gasteiger partial charge in [-0.05, 0) is 31.7 Å². The zero-order valence-electron chi connectivity index (χ0n) is 11.9. The molecule has 1 aromatic carbocycles. The first-order chi connectivity index (χ1) is 9.26. The molecule has 2 nitrogen and oxygen atoms in total. The van der Waals surface area contributed by atoms with Crippen molar-refractivity contribution in [2.24, 2.45) is 0 Å². The molecule has 3 unspecified atom stereocenters. The van der Waals surface area contributed by atoms with Gasteiger partial charge >= 0.3 is 0 Å². The second kappa shape index (κ2) is 7.46. The number of hydrogen-bond acceptors (Lipinski definition) is 4. The Kier molecular flexibility index (Phi) is 5.92. The maximum Gasteiger partial charge on any atom is 0.119 e. The van der Waals surface area contributed by atoms with E-state index < -0.39 is 0 Å². The van der Waals surface area contributed by atoms with Crippen LogP contribution in [0.4, 0.5) is 0 Å². The van der Waals surface area contributed by atoms with Crippen LogP contribution in [0.25, 0.3) is 0 Å². The van der Waals surface area contributed by atoms with Crippen molar-refractivity contribution in [2.75, 3.05) is 25.2 Å². The lowest BCUT2D eigenvalue weighted by Crippen LogP contribution is -2.36. The monoisotopic (exact) mass is 297 g/mol. The molecule has 1 saturated heterocycles. The number of thioether (sulfide) groups is 2. The lowest BCUT2D eigenvalue weighted by molar-refractivity contribution is 0.339. The van der Waals surface area contributed by atoms with Crippen LogP contribution in [0.15, 0.2) is 24.3 Å². The number of ether oxygens (including phenoxy) is 1. The van der Waals surface area contributed by atoms with E-state index in [1.165, 1.54) is 17.1 Å². The summed E-state index contributed by atoms with van der Waals surface area (Å²) < 4.78 is 5.62. The summed E-state index contributed by atoms with van der Waals surface area (Å²) in [5, 5.41) is 4.81. The predicted octanol–water partition coefficient (Wildman–Crippen LogP) is 3.58. The van der Waals surface area contributed by atoms with E-state index in [1.54, 1.807) is 0 Å². The lowest BCUT2D eigenvalue weighted by Gasteiger charge is -2.34. The van der Waals surface area contributed by atoms with E-state index in [1.807, 2.05) is 13.0 Å². The maximum absolute atomic E-state index is 5.62. The Hall–Kier alpha value is -0.320. The van der Waals surface area contributed by atoms with E-state index in [9.17, 15) is 0 Å². The molecule has 1 fully saturated rings. The second-order valence-electron chi connectivity index (χ2n) is 4.68. The largest absolute Gasteiger partial charge is 0.494 e. The van der Waals surface area contributed by atoms with Crippen LogP contribution in [-0.4, -0.2) is 35.7 Å². The minimum atomic E-state index is 0.396. The topological polar surface area (TPSA) is 21.3 Å². The van der Waals surface area contributed by atoms with Gasteiger partial charge in [-0.2, -0.15) is 23.5 Å². The second-order valence-corrected chi connectivity index (χ2v) is 7.45. The van der Waals surface area contributed by atoms with Gasteiger partial charge in [0, 0.05) is 28.0 Å². The third-order valence-corrected chi connectivity index (χ3v) is 6.60. The van der Waals surface area contributed by atoms with Crippen LogP contribution in [0, 0.1) is 0 Å². The van der Waals surface area contributed by atoms with Crippen molar-refractivity contribution in [3.63, 3.8) is 0 Å². The molecule has 0 amide bonds. The van der Waals surface area contributed by atoms with Crippen molar-refractivity contribution in [3.8, 4) is 5.75 Å². The summed E-state index contributed by atoms with van der Waals surface area (Å²) in [6, 6.07) is 8.91. The quantitative estimate of drug-likeness (QED) is 0.896. The average molecular weight is 297 g/mol. The highest BCUT2D eigenvalue weighted by atomic mass is 32.2. The molecule has 1 N–H and O–H groups in total. The average Bonchev–Trinajstić information content (AvgIpc) is 2.43. The molecule has 0 radical (unpaired) electrons. The first-order valence-electron chi connectivity index (χ1n) is 6.89. The molecule has 1 aliphatic heterocycles. The van der Waals surface area contributed by atoms with Crippen molar-refractivity contribution in [2.45, 2.75) is 30.4 Å². The smallest absolute Gasteiger partial charge is 0.119 e. The Morgan fingerprint density at radius 2 is 2.16 bits per heavy atom. The minimum absolute atomic E-state index is 0.396. The summed E-state index contributed by atoms with van der Waals surface area (Å²) in [5.41, 5.74) is 1.33. The molecule has 1 aliphatic rings. The summed E-state index contributed by atoms with van der Waals surface area (Å²) in [7, 11) is 2.06. The zero-order valence-corrected chi connectivity index (χ0v) is 13.5. The predicted molar refractivity (Wildman–Crippen MR) is 87.6 cm³/mol. The molecule has 1 aromatic rings. The molecular weight excluding hydrogens is 274 g/mol. The number of nitrogens with one attached hydrogen (secondary N) is 1. The fourth-order valence-electron chi connectivity index (χ4n) is 2.50. The van der Waals surface area contributed by atoms with Crippen LogP contribution >= 0.6 is 23.5 Å². The lowest BCUT2D eigenvalue weighted by atomic mass is 10.0. The molecule has 1 heterocycles. The van der Waals surface area contributed by atoms with Gasteiger partial charge in [-0.1, -0.05) is 19.1 Å². The first-order valence-corrected chi connectivity index (χ1v) is 8.99. The van der Waals surface area contributed by atoms with Gasteiger partial charge in [-0.3, -0.25) is 0 Å². The van der Waals surface area contributed by atoms with E-state index in [-0.39, 0.29) is 0 Å². The highest BCUT2D eigenvalue weighted by Gasteiger charge is 2.30. The number of rotatable bonds is 5. The Morgan fingerprint density at radius 1 is 1.37 bits per heavy atom. The normalized spacial score (nSPS) is 25.0. The Balaban J connectivity index is 2.18. The van der Waals surface area contributed by atoms with E-state index in [4.69, 9.17) is 4.74 Å². The van der Waals surface area contributed by atoms with Crippen molar-refractivity contribution in [1.29, 1.82) is 0 Å². The summed E-state index contributed by atoms with van der Waals surface area (Å²) in [5.74, 6) is 3.50. The van der Waals surface area contributed by atoms with Crippen LogP contribution in [0.2, 0.25) is 0 Å². The molecule has 0 saturated carbocycles. The van der Waals surface area contributed by atoms with Crippen molar-refractivity contribution < 1.29 is 4.74 Å². The first kappa shape index (κ1) is 15.1. The molecule has 0 aromatic heterocycles. The summed E-state index contributed by atoms with van der Waals surface area (Å²) >= 11 is 4.18. The SMILES string of the molecule is CCOc1cccc(C(NC)C2SCCSC2C)c1. The summed E-state index contributed by atoms with van der Waals surface area (Å²) in [6.07, 6.45) is 0. The van der Waals surface area contributed by atoms with Gasteiger partial charge in [-0.25, -0.2) is 0 Å². The fourth-order valence-corrected chi connectivity index (χ4v) is 5.49. The molecule has 3 atom stereocenters. The number of hydrogen-bond donors (Lipinski definition) is 1. The van der Waals surface area contributed by atoms with Crippen molar-refractivity contribution >= 4 is 23.5 Å². The van der Waals surface area contributed by atoms with Gasteiger partial charge in [0.25, 0.3) is 0 Å². The van der Waals surface area contributed by atoms with Gasteiger partial charge in [0.1, 0.15) is 5.75 Å². The van der Waals surface area contributed by atoms with E-state index >= 15 is 0 Å². The summed E-state index contributed by atoms with van der Waals surface area (Å²) in [4.78, 5) is 0. The third kappa shape index (κ3) is 3.83. The Labute approximate surface area is 125 Å².